The molecular weight excluding hydrogens is 566 g/mol. The Labute approximate surface area is 279 Å². The van der Waals surface area contributed by atoms with Gasteiger partial charge in [0, 0.05) is 18.9 Å². The number of allylic oxidation sites excluding steroid dienone is 2. The molecule has 7 N–H and O–H groups in total. The molecular formula is C34H87NO7S. The normalized spacial score (nSPS) is 7.21. The Bertz CT molecular complexity index is 310. The topological polar surface area (TPSA) is 153 Å². The number of ether oxygens (including phenoxy) is 1. The molecule has 0 aliphatic heterocycles. The first kappa shape index (κ1) is 83.9. The third-order valence-corrected chi connectivity index (χ3v) is 1.54. The van der Waals surface area contributed by atoms with E-state index in [0.29, 0.717) is 6.42 Å². The maximum absolute atomic E-state index is 9.84. The van der Waals surface area contributed by atoms with Gasteiger partial charge in [-0.2, -0.15) is 12.6 Å². The van der Waals surface area contributed by atoms with Gasteiger partial charge in [0.05, 0.1) is 19.8 Å². The van der Waals surface area contributed by atoms with Crippen LogP contribution in [0.25, 0.3) is 0 Å². The summed E-state index contributed by atoms with van der Waals surface area (Å²) in [5, 5.41) is 39.2. The zero-order chi connectivity index (χ0) is 38.8. The van der Waals surface area contributed by atoms with Crippen LogP contribution in [0, 0.1) is 11.8 Å². The van der Waals surface area contributed by atoms with Crippen molar-refractivity contribution in [2.24, 2.45) is 17.6 Å². The van der Waals surface area contributed by atoms with Crippen LogP contribution in [0.15, 0.2) is 38.0 Å². The number of nitrogens with two attached hydrogens (primary N) is 1. The zero-order valence-electron chi connectivity index (χ0n) is 32.9. The molecule has 0 aromatic heterocycles. The second kappa shape index (κ2) is 149. The molecule has 8 nitrogen and oxygen atoms in total. The summed E-state index contributed by atoms with van der Waals surface area (Å²) in [5.74, 6) is 1.38. The van der Waals surface area contributed by atoms with Gasteiger partial charge in [0.25, 0.3) is 0 Å². The van der Waals surface area contributed by atoms with Crippen LogP contribution in [-0.2, 0) is 9.53 Å². The molecule has 0 fully saturated rings. The van der Waals surface area contributed by atoms with Crippen LogP contribution in [0.5, 0.6) is 0 Å². The van der Waals surface area contributed by atoms with Gasteiger partial charge < -0.3 is 36.0 Å². The number of methoxy groups -OCH3 is 1. The Balaban J connectivity index is -0.0000000212. The number of hydrogen-bond donors (Lipinski definition) is 7. The lowest BCUT2D eigenvalue weighted by Crippen LogP contribution is -2.08. The number of aliphatic hydroxyl groups is 5. The monoisotopic (exact) mass is 654 g/mol. The second-order valence-corrected chi connectivity index (χ2v) is 7.28. The fourth-order valence-corrected chi connectivity index (χ4v) is 0.212. The lowest BCUT2D eigenvalue weighted by atomic mass is 10.3. The minimum atomic E-state index is -1.25. The third kappa shape index (κ3) is 793. The highest BCUT2D eigenvalue weighted by Crippen LogP contribution is 1.83. The Kier molecular flexibility index (Phi) is 291. The highest BCUT2D eigenvalue weighted by atomic mass is 32.1. The van der Waals surface area contributed by atoms with E-state index in [-0.39, 0.29) is 12.4 Å². The number of thiol groups is 1. The fourth-order valence-electron chi connectivity index (χ4n) is 0.212. The minimum absolute atomic E-state index is 0.111. The Morgan fingerprint density at radius 3 is 0.930 bits per heavy atom. The van der Waals surface area contributed by atoms with Crippen LogP contribution < -0.4 is 5.73 Å². The van der Waals surface area contributed by atoms with Crippen LogP contribution in [0.4, 0.5) is 0 Å². The van der Waals surface area contributed by atoms with Crippen LogP contribution in [0.1, 0.15) is 124 Å². The van der Waals surface area contributed by atoms with Gasteiger partial charge in [0.1, 0.15) is 0 Å². The van der Waals surface area contributed by atoms with Crippen LogP contribution >= 0.6 is 12.6 Å². The molecule has 0 heterocycles. The summed E-state index contributed by atoms with van der Waals surface area (Å²) in [6, 6.07) is 0. The van der Waals surface area contributed by atoms with E-state index in [9.17, 15) is 4.79 Å². The van der Waals surface area contributed by atoms with E-state index in [1.165, 1.54) is 14.2 Å². The lowest BCUT2D eigenvalue weighted by molar-refractivity contribution is -0.134. The van der Waals surface area contributed by atoms with Crippen molar-refractivity contribution in [2.75, 3.05) is 33.6 Å². The van der Waals surface area contributed by atoms with Crippen molar-refractivity contribution in [2.45, 2.75) is 137 Å². The van der Waals surface area contributed by atoms with Crippen molar-refractivity contribution in [3.63, 3.8) is 0 Å². The van der Waals surface area contributed by atoms with Crippen molar-refractivity contribution in [3.8, 4) is 0 Å². The van der Waals surface area contributed by atoms with Gasteiger partial charge in [-0.15, -0.1) is 13.2 Å². The van der Waals surface area contributed by atoms with Gasteiger partial charge in [-0.1, -0.05) is 123 Å². The lowest BCUT2D eigenvalue weighted by Gasteiger charge is -1.97. The molecule has 0 saturated heterocycles. The average Bonchev–Trinajstić information content (AvgIpc) is 3.03. The smallest absolute Gasteiger partial charge is 0.329 e. The summed E-state index contributed by atoms with van der Waals surface area (Å²) in [5.41, 5.74) is 4.50. The van der Waals surface area contributed by atoms with Gasteiger partial charge >= 0.3 is 5.97 Å². The van der Waals surface area contributed by atoms with Crippen molar-refractivity contribution >= 4 is 18.6 Å². The van der Waals surface area contributed by atoms with Crippen LogP contribution in [0.2, 0.25) is 0 Å². The first-order chi connectivity index (χ1) is 20.2. The Morgan fingerprint density at radius 2 is 0.930 bits per heavy atom. The summed E-state index contributed by atoms with van der Waals surface area (Å²) < 4.78 is 4.14. The fraction of sp³-hybridized carbons (Fsp3) is 0.794. The van der Waals surface area contributed by atoms with E-state index in [1.807, 2.05) is 76.2 Å². The molecule has 0 aromatic carbocycles. The standard InChI is InChI=1S/C4H6O2.C4H10O2.2C4H10.2C3H6.C2H6O2S.4C2H6.CH5N.CH4O/c1-3-4(5)6-2;1-2-4(6)3-5;2*1-4(2)3;2*1-3-2;3-2(4)1-5;6*1-2/h3H,1H2,2H3;4-6H,2-3H2,1H3;2*4H,1-3H3;2*3H,1H2,2H3;2-5H,1H2;4*1-2H3;2H2,1H3;2H,1H3. The number of hydrogen-bond acceptors (Lipinski definition) is 9. The van der Waals surface area contributed by atoms with Gasteiger partial charge in [0.15, 0.2) is 6.29 Å². The molecule has 0 aliphatic carbocycles. The van der Waals surface area contributed by atoms with Gasteiger partial charge in [0.2, 0.25) is 0 Å². The first-order valence-electron chi connectivity index (χ1n) is 15.3. The molecule has 0 aliphatic rings. The molecule has 0 amide bonds. The molecule has 0 spiro atoms. The largest absolute Gasteiger partial charge is 0.466 e. The molecule has 9 heteroatoms. The predicted octanol–water partition coefficient (Wildman–Crippen LogP) is 8.32. The third-order valence-electron chi connectivity index (χ3n) is 1.21. The van der Waals surface area contributed by atoms with Gasteiger partial charge in [-0.3, -0.25) is 0 Å². The quantitative estimate of drug-likeness (QED) is 0.0526. The Hall–Kier alpha value is -1.20. The van der Waals surface area contributed by atoms with Crippen molar-refractivity contribution in [1.29, 1.82) is 0 Å². The highest BCUT2D eigenvalue weighted by Gasteiger charge is 1.92. The number of esters is 1. The van der Waals surface area contributed by atoms with E-state index in [1.54, 1.807) is 12.2 Å². The van der Waals surface area contributed by atoms with E-state index < -0.39 is 18.4 Å². The highest BCUT2D eigenvalue weighted by molar-refractivity contribution is 7.80. The summed E-state index contributed by atoms with van der Waals surface area (Å²) in [6.07, 6.45) is 3.49. The SMILES string of the molecule is C=CC.C=CC.C=CC(=O)OC.CC.CC.CC.CC.CC(C)C.CC(C)C.CCC(O)CO.CN.CO.OC(O)CS. The van der Waals surface area contributed by atoms with E-state index in [4.69, 9.17) is 25.5 Å². The number of carbonyl (C=O) groups excluding carboxylic acids is 1. The zero-order valence-corrected chi connectivity index (χ0v) is 33.8. The first-order valence-corrected chi connectivity index (χ1v) is 15.9. The molecule has 0 rings (SSSR count). The second-order valence-electron chi connectivity index (χ2n) is 6.92. The van der Waals surface area contributed by atoms with Crippen molar-refractivity contribution in [3.05, 3.63) is 38.0 Å². The average molecular weight is 654 g/mol. The number of carbonyl (C=O) groups is 1. The summed E-state index contributed by atoms with van der Waals surface area (Å²) >= 11 is 3.52. The molecule has 0 saturated carbocycles. The van der Waals surface area contributed by atoms with E-state index in [2.05, 4.69) is 84.4 Å². The predicted molar refractivity (Wildman–Crippen MR) is 204 cm³/mol. The van der Waals surface area contributed by atoms with Crippen molar-refractivity contribution in [1.82, 2.24) is 0 Å². The van der Waals surface area contributed by atoms with Gasteiger partial charge in [-0.25, -0.2) is 4.79 Å². The van der Waals surface area contributed by atoms with Gasteiger partial charge in [-0.05, 0) is 39.2 Å². The van der Waals surface area contributed by atoms with E-state index >= 15 is 0 Å². The summed E-state index contributed by atoms with van der Waals surface area (Å²) in [6.45, 7) is 44.4. The summed E-state index contributed by atoms with van der Waals surface area (Å²) in [7, 11) is 3.81. The molecule has 0 radical (unpaired) electrons. The Morgan fingerprint density at radius 1 is 0.767 bits per heavy atom. The van der Waals surface area contributed by atoms with Crippen LogP contribution in [-0.4, -0.2) is 77.5 Å². The number of aliphatic hydroxyl groups excluding tert-OH is 4. The maximum Gasteiger partial charge on any atom is 0.329 e. The molecule has 0 bridgehead atoms. The molecule has 1 unspecified atom stereocenters. The minimum Gasteiger partial charge on any atom is -0.466 e. The maximum atomic E-state index is 9.84. The van der Waals surface area contributed by atoms with Crippen LogP contribution in [0.3, 0.4) is 0 Å². The molecule has 0 aromatic rings. The van der Waals surface area contributed by atoms with Crippen molar-refractivity contribution < 1.29 is 35.1 Å². The molecule has 1 atom stereocenters. The summed E-state index contributed by atoms with van der Waals surface area (Å²) in [4.78, 5) is 9.84. The number of rotatable bonds is 4. The molecule has 43 heavy (non-hydrogen) atoms. The van der Waals surface area contributed by atoms with E-state index in [0.717, 1.165) is 25.0 Å². The molecule has 276 valence electrons.